The molecule has 1 aromatic heterocycles. The van der Waals surface area contributed by atoms with Gasteiger partial charge in [0, 0.05) is 11.5 Å². The fourth-order valence-electron chi connectivity index (χ4n) is 2.22. The molecule has 1 N–H and O–H groups in total. The van der Waals surface area contributed by atoms with E-state index in [2.05, 4.69) is 5.32 Å². The van der Waals surface area contributed by atoms with Crippen molar-refractivity contribution >= 4 is 34.2 Å². The lowest BCUT2D eigenvalue weighted by atomic mass is 10.1. The third kappa shape index (κ3) is 4.08. The molecule has 2 rings (SSSR count). The molecule has 1 fully saturated rings. The van der Waals surface area contributed by atoms with E-state index in [1.807, 2.05) is 6.92 Å². The van der Waals surface area contributed by atoms with Crippen molar-refractivity contribution in [3.8, 4) is 0 Å². The molecule has 2 heterocycles. The first-order valence-electron chi connectivity index (χ1n) is 7.20. The van der Waals surface area contributed by atoms with Gasteiger partial charge >= 0.3 is 11.9 Å². The maximum Gasteiger partial charge on any atom is 0.341 e. The number of ether oxygens (including phenoxy) is 3. The van der Waals surface area contributed by atoms with Crippen LogP contribution < -0.4 is 5.32 Å². The number of carbonyl (C=O) groups is 3. The van der Waals surface area contributed by atoms with E-state index >= 15 is 0 Å². The van der Waals surface area contributed by atoms with Gasteiger partial charge in [0.25, 0.3) is 5.91 Å². The summed E-state index contributed by atoms with van der Waals surface area (Å²) in [4.78, 5) is 36.3. The van der Waals surface area contributed by atoms with E-state index in [0.29, 0.717) is 23.6 Å². The van der Waals surface area contributed by atoms with Gasteiger partial charge in [-0.05, 0) is 32.3 Å². The summed E-state index contributed by atoms with van der Waals surface area (Å²) in [5, 5.41) is 2.99. The number of hydrogen-bond acceptors (Lipinski definition) is 7. The molecule has 1 aliphatic heterocycles. The van der Waals surface area contributed by atoms with Gasteiger partial charge in [0.2, 0.25) is 0 Å². The first kappa shape index (κ1) is 17.4. The average Bonchev–Trinajstić information content (AvgIpc) is 3.14. The Balaban J connectivity index is 1.96. The third-order valence-corrected chi connectivity index (χ3v) is 4.69. The van der Waals surface area contributed by atoms with E-state index in [-0.39, 0.29) is 0 Å². The molecule has 0 bridgehead atoms. The number of aryl methyl sites for hydroxylation is 1. The number of hydrogen-bond donors (Lipinski definition) is 1. The summed E-state index contributed by atoms with van der Waals surface area (Å²) >= 11 is 1.27. The van der Waals surface area contributed by atoms with Crippen molar-refractivity contribution in [2.24, 2.45) is 0 Å². The third-order valence-electron chi connectivity index (χ3n) is 3.57. The van der Waals surface area contributed by atoms with Gasteiger partial charge in [-0.1, -0.05) is 0 Å². The normalized spacial score (nSPS) is 16.9. The molecule has 0 spiro atoms. The standard InChI is InChI=1S/C15H19NO6S/c1-8-9(2)23-13(12(8)15(19)20-3)16-11(17)7-22-14(18)10-5-4-6-21-10/h10H,4-7H2,1-3H3,(H,16,17)/t10-/m1/s1. The number of nitrogens with one attached hydrogen (secondary N) is 1. The van der Waals surface area contributed by atoms with Gasteiger partial charge in [-0.3, -0.25) is 4.79 Å². The first-order chi connectivity index (χ1) is 10.9. The van der Waals surface area contributed by atoms with Crippen LogP contribution in [0.5, 0.6) is 0 Å². The van der Waals surface area contributed by atoms with Gasteiger partial charge in [-0.15, -0.1) is 11.3 Å². The molecule has 1 aromatic rings. The molecule has 7 nitrogen and oxygen atoms in total. The lowest BCUT2D eigenvalue weighted by Gasteiger charge is -2.10. The molecule has 1 amide bonds. The van der Waals surface area contributed by atoms with Gasteiger partial charge in [-0.25, -0.2) is 9.59 Å². The molecule has 0 radical (unpaired) electrons. The Morgan fingerprint density at radius 3 is 2.70 bits per heavy atom. The minimum absolute atomic E-state index is 0.328. The zero-order valence-corrected chi connectivity index (χ0v) is 14.1. The Morgan fingerprint density at radius 1 is 1.35 bits per heavy atom. The first-order valence-corrected chi connectivity index (χ1v) is 8.02. The predicted octanol–water partition coefficient (Wildman–Crippen LogP) is 1.81. The Hall–Kier alpha value is -1.93. The van der Waals surface area contributed by atoms with Crippen LogP contribution in [0.1, 0.15) is 33.6 Å². The summed E-state index contributed by atoms with van der Waals surface area (Å²) in [5.74, 6) is -1.56. The molecule has 126 valence electrons. The van der Waals surface area contributed by atoms with Crippen LogP contribution in [0.2, 0.25) is 0 Å². The molecule has 1 saturated heterocycles. The fourth-order valence-corrected chi connectivity index (χ4v) is 3.28. The Morgan fingerprint density at radius 2 is 2.09 bits per heavy atom. The highest BCUT2D eigenvalue weighted by Crippen LogP contribution is 2.32. The van der Waals surface area contributed by atoms with Crippen LogP contribution in [0, 0.1) is 13.8 Å². The van der Waals surface area contributed by atoms with Crippen LogP contribution in [-0.2, 0) is 23.8 Å². The molecular formula is C15H19NO6S. The summed E-state index contributed by atoms with van der Waals surface area (Å²) < 4.78 is 14.9. The monoisotopic (exact) mass is 341 g/mol. The summed E-state index contributed by atoms with van der Waals surface area (Å²) in [7, 11) is 1.28. The van der Waals surface area contributed by atoms with E-state index in [1.165, 1.54) is 18.4 Å². The highest BCUT2D eigenvalue weighted by molar-refractivity contribution is 7.16. The van der Waals surface area contributed by atoms with Gasteiger partial charge in [0.15, 0.2) is 12.7 Å². The molecule has 0 unspecified atom stereocenters. The second-order valence-electron chi connectivity index (χ2n) is 5.14. The maximum absolute atomic E-state index is 11.9. The number of rotatable bonds is 5. The number of methoxy groups -OCH3 is 1. The van der Waals surface area contributed by atoms with Crippen LogP contribution in [-0.4, -0.2) is 44.3 Å². The van der Waals surface area contributed by atoms with E-state index in [1.54, 1.807) is 6.92 Å². The topological polar surface area (TPSA) is 90.9 Å². The van der Waals surface area contributed by atoms with Crippen molar-refractivity contribution in [2.45, 2.75) is 32.8 Å². The van der Waals surface area contributed by atoms with Crippen molar-refractivity contribution in [1.82, 2.24) is 0 Å². The molecule has 0 aromatic carbocycles. The lowest BCUT2D eigenvalue weighted by molar-refractivity contribution is -0.156. The molecule has 1 atom stereocenters. The van der Waals surface area contributed by atoms with E-state index < -0.39 is 30.6 Å². The number of carbonyl (C=O) groups excluding carboxylic acids is 3. The second-order valence-corrected chi connectivity index (χ2v) is 6.36. The van der Waals surface area contributed by atoms with Gasteiger partial charge in [0.1, 0.15) is 5.00 Å². The molecule has 8 heteroatoms. The SMILES string of the molecule is COC(=O)c1c(NC(=O)COC(=O)[C@H]2CCCO2)sc(C)c1C. The van der Waals surface area contributed by atoms with Crippen molar-refractivity contribution in [3.05, 3.63) is 16.0 Å². The Kier molecular flexibility index (Phi) is 5.73. The fraction of sp³-hybridized carbons (Fsp3) is 0.533. The van der Waals surface area contributed by atoms with Gasteiger partial charge < -0.3 is 19.5 Å². The minimum atomic E-state index is -0.584. The molecule has 1 aliphatic rings. The summed E-state index contributed by atoms with van der Waals surface area (Å²) in [5.41, 5.74) is 1.09. The number of esters is 2. The molecule has 23 heavy (non-hydrogen) atoms. The lowest BCUT2D eigenvalue weighted by Crippen LogP contribution is -2.27. The molecular weight excluding hydrogens is 322 g/mol. The maximum atomic E-state index is 11.9. The summed E-state index contributed by atoms with van der Waals surface area (Å²) in [6, 6.07) is 0. The quantitative estimate of drug-likeness (QED) is 0.822. The summed E-state index contributed by atoms with van der Waals surface area (Å²) in [6.45, 7) is 3.74. The van der Waals surface area contributed by atoms with Crippen molar-refractivity contribution in [1.29, 1.82) is 0 Å². The van der Waals surface area contributed by atoms with Crippen molar-refractivity contribution < 1.29 is 28.6 Å². The van der Waals surface area contributed by atoms with E-state index in [0.717, 1.165) is 16.9 Å². The van der Waals surface area contributed by atoms with Crippen molar-refractivity contribution in [3.63, 3.8) is 0 Å². The predicted molar refractivity (Wildman–Crippen MR) is 83.7 cm³/mol. The Labute approximate surface area is 137 Å². The second kappa shape index (κ2) is 7.56. The van der Waals surface area contributed by atoms with Crippen LogP contribution in [0.25, 0.3) is 0 Å². The number of thiophene rings is 1. The zero-order valence-electron chi connectivity index (χ0n) is 13.3. The highest BCUT2D eigenvalue weighted by Gasteiger charge is 2.26. The molecule has 0 aliphatic carbocycles. The number of anilines is 1. The minimum Gasteiger partial charge on any atom is -0.465 e. The zero-order chi connectivity index (χ0) is 17.0. The van der Waals surface area contributed by atoms with Crippen LogP contribution in [0.15, 0.2) is 0 Å². The average molecular weight is 341 g/mol. The number of amides is 1. The van der Waals surface area contributed by atoms with Crippen LogP contribution >= 0.6 is 11.3 Å². The van der Waals surface area contributed by atoms with Crippen LogP contribution in [0.3, 0.4) is 0 Å². The largest absolute Gasteiger partial charge is 0.465 e. The highest BCUT2D eigenvalue weighted by atomic mass is 32.1. The van der Waals surface area contributed by atoms with E-state index in [9.17, 15) is 14.4 Å². The van der Waals surface area contributed by atoms with Crippen molar-refractivity contribution in [2.75, 3.05) is 25.6 Å². The van der Waals surface area contributed by atoms with Gasteiger partial charge in [-0.2, -0.15) is 0 Å². The summed E-state index contributed by atoms with van der Waals surface area (Å²) in [6.07, 6.45) is 0.831. The molecule has 0 saturated carbocycles. The Bertz CT molecular complexity index is 618. The smallest absolute Gasteiger partial charge is 0.341 e. The van der Waals surface area contributed by atoms with Crippen LogP contribution in [0.4, 0.5) is 5.00 Å². The van der Waals surface area contributed by atoms with Gasteiger partial charge in [0.05, 0.1) is 12.7 Å². The van der Waals surface area contributed by atoms with E-state index in [4.69, 9.17) is 14.2 Å².